The summed E-state index contributed by atoms with van der Waals surface area (Å²) in [7, 11) is 0. The highest BCUT2D eigenvalue weighted by atomic mass is 16.3. The molecule has 0 fully saturated rings. The first kappa shape index (κ1) is 12.2. The van der Waals surface area contributed by atoms with E-state index < -0.39 is 0 Å². The molecular weight excluding hydrogens is 234 g/mol. The number of hydrogen-bond donors (Lipinski definition) is 2. The summed E-state index contributed by atoms with van der Waals surface area (Å²) < 4.78 is 0. The fourth-order valence-electron chi connectivity index (χ4n) is 2.98. The van der Waals surface area contributed by atoms with E-state index in [0.717, 1.165) is 18.4 Å². The molecule has 1 aliphatic rings. The molecule has 19 heavy (non-hydrogen) atoms. The quantitative estimate of drug-likeness (QED) is 0.873. The Morgan fingerprint density at radius 3 is 2.68 bits per heavy atom. The molecule has 0 aromatic heterocycles. The van der Waals surface area contributed by atoms with Gasteiger partial charge < -0.3 is 10.4 Å². The molecule has 2 N–H and O–H groups in total. The van der Waals surface area contributed by atoms with Crippen LogP contribution in [0, 0.1) is 0 Å². The second-order valence-corrected chi connectivity index (χ2v) is 5.24. The maximum Gasteiger partial charge on any atom is 0.120 e. The summed E-state index contributed by atoms with van der Waals surface area (Å²) in [4.78, 5) is 0. The fraction of sp³-hybridized carbons (Fsp3) is 0.294. The highest BCUT2D eigenvalue weighted by molar-refractivity contribution is 5.37. The average Bonchev–Trinajstić information content (AvgIpc) is 2.83. The van der Waals surface area contributed by atoms with Crippen molar-refractivity contribution in [3.8, 4) is 5.75 Å². The second kappa shape index (κ2) is 5.06. The fourth-order valence-corrected chi connectivity index (χ4v) is 2.98. The van der Waals surface area contributed by atoms with E-state index in [1.54, 1.807) is 6.07 Å². The largest absolute Gasteiger partial charge is 0.508 e. The van der Waals surface area contributed by atoms with Gasteiger partial charge >= 0.3 is 0 Å². The van der Waals surface area contributed by atoms with Gasteiger partial charge in [0.15, 0.2) is 0 Å². The van der Waals surface area contributed by atoms with Crippen LogP contribution in [0.25, 0.3) is 0 Å². The summed E-state index contributed by atoms with van der Waals surface area (Å²) in [5, 5.41) is 13.5. The molecule has 3 rings (SSSR count). The predicted octanol–water partition coefficient (Wildman–Crippen LogP) is 3.73. The molecule has 2 nitrogen and oxygen atoms in total. The lowest BCUT2D eigenvalue weighted by Crippen LogP contribution is -2.23. The summed E-state index contributed by atoms with van der Waals surface area (Å²) in [6.45, 7) is 2.11. The van der Waals surface area contributed by atoms with Crippen LogP contribution in [-0.2, 0) is 6.42 Å². The number of nitrogens with one attached hydrogen (secondary N) is 1. The summed E-state index contributed by atoms with van der Waals surface area (Å²) >= 11 is 0. The Morgan fingerprint density at radius 1 is 1.11 bits per heavy atom. The van der Waals surface area contributed by atoms with E-state index in [1.165, 1.54) is 11.1 Å². The Balaban J connectivity index is 1.78. The molecule has 2 unspecified atom stereocenters. The minimum atomic E-state index is 0.150. The van der Waals surface area contributed by atoms with Crippen molar-refractivity contribution in [1.29, 1.82) is 0 Å². The zero-order valence-electron chi connectivity index (χ0n) is 11.1. The Morgan fingerprint density at radius 2 is 1.84 bits per heavy atom. The van der Waals surface area contributed by atoms with E-state index in [4.69, 9.17) is 0 Å². The molecule has 1 aliphatic carbocycles. The predicted molar refractivity (Wildman–Crippen MR) is 77.2 cm³/mol. The third-order valence-corrected chi connectivity index (χ3v) is 3.99. The Hall–Kier alpha value is -1.80. The van der Waals surface area contributed by atoms with Crippen molar-refractivity contribution < 1.29 is 5.11 Å². The molecule has 0 saturated heterocycles. The highest BCUT2D eigenvalue weighted by Crippen LogP contribution is 2.34. The van der Waals surface area contributed by atoms with Gasteiger partial charge in [-0.05, 0) is 37.0 Å². The monoisotopic (exact) mass is 253 g/mol. The van der Waals surface area contributed by atoms with Gasteiger partial charge in [0.25, 0.3) is 0 Å². The topological polar surface area (TPSA) is 32.3 Å². The minimum Gasteiger partial charge on any atom is -0.508 e. The zero-order valence-corrected chi connectivity index (χ0v) is 11.1. The molecule has 0 bridgehead atoms. The number of fused-ring (bicyclic) bond motifs is 1. The molecule has 98 valence electrons. The standard InChI is InChI=1S/C17H19NO/c1-12(14-7-4-5-9-17(14)19)18-16-11-10-13-6-2-3-8-15(13)16/h2-9,12,16,18-19H,10-11H2,1H3. The van der Waals surface area contributed by atoms with Crippen LogP contribution in [-0.4, -0.2) is 5.11 Å². The van der Waals surface area contributed by atoms with Crippen LogP contribution < -0.4 is 5.32 Å². The molecule has 2 aromatic carbocycles. The van der Waals surface area contributed by atoms with Gasteiger partial charge in [-0.2, -0.15) is 0 Å². The van der Waals surface area contributed by atoms with E-state index in [0.29, 0.717) is 11.8 Å². The van der Waals surface area contributed by atoms with Gasteiger partial charge in [-0.3, -0.25) is 0 Å². The Labute approximate surface area is 114 Å². The van der Waals surface area contributed by atoms with Crippen LogP contribution in [0.15, 0.2) is 48.5 Å². The molecule has 0 spiro atoms. The lowest BCUT2D eigenvalue weighted by molar-refractivity contribution is 0.428. The third kappa shape index (κ3) is 2.36. The SMILES string of the molecule is CC(NC1CCc2ccccc21)c1ccccc1O. The molecule has 0 amide bonds. The van der Waals surface area contributed by atoms with Gasteiger partial charge in [0.1, 0.15) is 5.75 Å². The van der Waals surface area contributed by atoms with Gasteiger partial charge in [0.2, 0.25) is 0 Å². The van der Waals surface area contributed by atoms with Crippen molar-refractivity contribution in [1.82, 2.24) is 5.32 Å². The van der Waals surface area contributed by atoms with Crippen molar-refractivity contribution in [3.05, 3.63) is 65.2 Å². The number of para-hydroxylation sites is 1. The summed E-state index contributed by atoms with van der Waals surface area (Å²) in [6.07, 6.45) is 2.28. The van der Waals surface area contributed by atoms with Crippen LogP contribution in [0.1, 0.15) is 42.1 Å². The van der Waals surface area contributed by atoms with E-state index >= 15 is 0 Å². The van der Waals surface area contributed by atoms with Crippen molar-refractivity contribution >= 4 is 0 Å². The Kier molecular flexibility index (Phi) is 3.26. The van der Waals surface area contributed by atoms with Crippen molar-refractivity contribution in [2.75, 3.05) is 0 Å². The maximum atomic E-state index is 9.91. The van der Waals surface area contributed by atoms with Gasteiger partial charge in [-0.15, -0.1) is 0 Å². The lowest BCUT2D eigenvalue weighted by atomic mass is 10.0. The smallest absolute Gasteiger partial charge is 0.120 e. The highest BCUT2D eigenvalue weighted by Gasteiger charge is 2.23. The second-order valence-electron chi connectivity index (χ2n) is 5.24. The lowest BCUT2D eigenvalue weighted by Gasteiger charge is -2.21. The van der Waals surface area contributed by atoms with Crippen LogP contribution in [0.4, 0.5) is 0 Å². The van der Waals surface area contributed by atoms with Gasteiger partial charge in [-0.25, -0.2) is 0 Å². The summed E-state index contributed by atoms with van der Waals surface area (Å²) in [6, 6.07) is 16.7. The number of phenolic OH excluding ortho intramolecular Hbond substituents is 1. The molecule has 2 aromatic rings. The summed E-state index contributed by atoms with van der Waals surface area (Å²) in [5.41, 5.74) is 3.82. The summed E-state index contributed by atoms with van der Waals surface area (Å²) in [5.74, 6) is 0.369. The van der Waals surface area contributed by atoms with E-state index in [1.807, 2.05) is 18.2 Å². The third-order valence-electron chi connectivity index (χ3n) is 3.99. The average molecular weight is 253 g/mol. The molecule has 0 aliphatic heterocycles. The number of aryl methyl sites for hydroxylation is 1. The van der Waals surface area contributed by atoms with Gasteiger partial charge in [0, 0.05) is 17.6 Å². The van der Waals surface area contributed by atoms with E-state index in [9.17, 15) is 5.11 Å². The van der Waals surface area contributed by atoms with Crippen molar-refractivity contribution in [2.24, 2.45) is 0 Å². The Bertz CT molecular complexity index is 579. The number of rotatable bonds is 3. The maximum absolute atomic E-state index is 9.91. The van der Waals surface area contributed by atoms with Crippen LogP contribution in [0.2, 0.25) is 0 Å². The number of benzene rings is 2. The minimum absolute atomic E-state index is 0.150. The van der Waals surface area contributed by atoms with E-state index in [2.05, 4.69) is 36.5 Å². The molecule has 0 radical (unpaired) electrons. The van der Waals surface area contributed by atoms with Gasteiger partial charge in [-0.1, -0.05) is 42.5 Å². The first-order valence-electron chi connectivity index (χ1n) is 6.87. The van der Waals surface area contributed by atoms with Crippen LogP contribution in [0.5, 0.6) is 5.75 Å². The molecule has 2 atom stereocenters. The molecule has 2 heteroatoms. The van der Waals surface area contributed by atoms with Gasteiger partial charge in [0.05, 0.1) is 0 Å². The first-order valence-corrected chi connectivity index (χ1v) is 6.87. The molecular formula is C17H19NO. The number of hydrogen-bond acceptors (Lipinski definition) is 2. The normalized spacial score (nSPS) is 19.1. The molecule has 0 saturated carbocycles. The number of aromatic hydroxyl groups is 1. The van der Waals surface area contributed by atoms with Crippen molar-refractivity contribution in [3.63, 3.8) is 0 Å². The zero-order chi connectivity index (χ0) is 13.2. The molecule has 0 heterocycles. The van der Waals surface area contributed by atoms with Crippen molar-refractivity contribution in [2.45, 2.75) is 31.8 Å². The first-order chi connectivity index (χ1) is 9.25. The van der Waals surface area contributed by atoms with Crippen LogP contribution >= 0.6 is 0 Å². The number of phenols is 1. The van der Waals surface area contributed by atoms with Crippen LogP contribution in [0.3, 0.4) is 0 Å². The van der Waals surface area contributed by atoms with E-state index in [-0.39, 0.29) is 6.04 Å².